The van der Waals surface area contributed by atoms with Gasteiger partial charge in [0.25, 0.3) is 0 Å². The predicted molar refractivity (Wildman–Crippen MR) is 84.0 cm³/mol. The normalized spacial score (nSPS) is 10.2. The summed E-state index contributed by atoms with van der Waals surface area (Å²) in [6.45, 7) is 5.96. The second-order valence-corrected chi connectivity index (χ2v) is 5.10. The lowest BCUT2D eigenvalue weighted by molar-refractivity contribution is 0.829. The van der Waals surface area contributed by atoms with Crippen LogP contribution in [0.3, 0.4) is 0 Å². The molecule has 2 N–H and O–H groups in total. The van der Waals surface area contributed by atoms with Gasteiger partial charge in [-0.25, -0.2) is 9.50 Å². The maximum absolute atomic E-state index is 5.68. The van der Waals surface area contributed by atoms with Crippen molar-refractivity contribution in [2.24, 2.45) is 0 Å². The highest BCUT2D eigenvalue weighted by atomic mass is 32.2. The molecule has 3 rings (SSSR count). The molecule has 0 unspecified atom stereocenters. The van der Waals surface area contributed by atoms with E-state index in [0.717, 1.165) is 26.9 Å². The molecule has 3 aromatic rings. The lowest BCUT2D eigenvalue weighted by Crippen LogP contribution is -1.94. The molecule has 0 aliphatic carbocycles. The van der Waals surface area contributed by atoms with Crippen molar-refractivity contribution in [1.29, 1.82) is 0 Å². The minimum atomic E-state index is 0.772. The van der Waals surface area contributed by atoms with Crippen molar-refractivity contribution < 1.29 is 0 Å². The standard InChI is InChI=1S/C13H12N4S.C2H6/c1-9-8-12-15-7-6-13(17(12)16-9)18-11-4-2-10(14)3-5-11;1-2/h2-8H,14H2,1H3;1-2H3. The van der Waals surface area contributed by atoms with Crippen LogP contribution >= 0.6 is 11.8 Å². The van der Waals surface area contributed by atoms with Gasteiger partial charge in [0.15, 0.2) is 5.65 Å². The summed E-state index contributed by atoms with van der Waals surface area (Å²) in [5, 5.41) is 5.48. The van der Waals surface area contributed by atoms with Crippen LogP contribution in [0.2, 0.25) is 0 Å². The largest absolute Gasteiger partial charge is 0.399 e. The minimum absolute atomic E-state index is 0.772. The van der Waals surface area contributed by atoms with E-state index in [4.69, 9.17) is 5.73 Å². The number of benzene rings is 1. The van der Waals surface area contributed by atoms with Crippen LogP contribution < -0.4 is 5.73 Å². The van der Waals surface area contributed by atoms with Crippen molar-refractivity contribution in [2.75, 3.05) is 5.73 Å². The smallest absolute Gasteiger partial charge is 0.156 e. The molecule has 5 heteroatoms. The highest BCUT2D eigenvalue weighted by molar-refractivity contribution is 7.99. The van der Waals surface area contributed by atoms with Crippen LogP contribution in [0.5, 0.6) is 0 Å². The number of aromatic nitrogens is 3. The summed E-state index contributed by atoms with van der Waals surface area (Å²) in [4.78, 5) is 5.42. The topological polar surface area (TPSA) is 56.2 Å². The Morgan fingerprint density at radius 2 is 1.80 bits per heavy atom. The first kappa shape index (κ1) is 14.4. The molecule has 0 aliphatic heterocycles. The molecule has 0 bridgehead atoms. The summed E-state index contributed by atoms with van der Waals surface area (Å²) in [6, 6.07) is 11.7. The molecule has 20 heavy (non-hydrogen) atoms. The number of hydrogen-bond acceptors (Lipinski definition) is 4. The SMILES string of the molecule is CC.Cc1cc2nccc(Sc3ccc(N)cc3)n2n1. The molecule has 2 heterocycles. The Bertz CT molecular complexity index is 689. The van der Waals surface area contributed by atoms with E-state index in [1.54, 1.807) is 18.0 Å². The van der Waals surface area contributed by atoms with Gasteiger partial charge in [0.05, 0.1) is 5.69 Å². The Balaban J connectivity index is 0.000000704. The second-order valence-electron chi connectivity index (χ2n) is 4.01. The van der Waals surface area contributed by atoms with Crippen LogP contribution in [0, 0.1) is 6.92 Å². The molecule has 0 fully saturated rings. The lowest BCUT2D eigenvalue weighted by Gasteiger charge is -2.04. The lowest BCUT2D eigenvalue weighted by atomic mass is 10.3. The van der Waals surface area contributed by atoms with Gasteiger partial charge in [-0.3, -0.25) is 0 Å². The number of fused-ring (bicyclic) bond motifs is 1. The van der Waals surface area contributed by atoms with E-state index in [1.165, 1.54) is 0 Å². The Morgan fingerprint density at radius 3 is 2.50 bits per heavy atom. The Morgan fingerprint density at radius 1 is 1.10 bits per heavy atom. The van der Waals surface area contributed by atoms with Crippen molar-refractivity contribution in [1.82, 2.24) is 14.6 Å². The van der Waals surface area contributed by atoms with E-state index in [0.29, 0.717) is 0 Å². The van der Waals surface area contributed by atoms with E-state index in [1.807, 2.05) is 61.7 Å². The van der Waals surface area contributed by atoms with Crippen molar-refractivity contribution >= 4 is 23.1 Å². The molecular formula is C15H18N4S. The highest BCUT2D eigenvalue weighted by Gasteiger charge is 2.05. The molecule has 0 radical (unpaired) electrons. The summed E-state index contributed by atoms with van der Waals surface area (Å²) in [6.07, 6.45) is 1.80. The molecular weight excluding hydrogens is 268 g/mol. The van der Waals surface area contributed by atoms with Gasteiger partial charge in [-0.1, -0.05) is 25.6 Å². The molecule has 1 aromatic carbocycles. The highest BCUT2D eigenvalue weighted by Crippen LogP contribution is 2.28. The van der Waals surface area contributed by atoms with E-state index < -0.39 is 0 Å². The Kier molecular flexibility index (Phi) is 4.63. The molecule has 0 amide bonds. The fraction of sp³-hybridized carbons (Fsp3) is 0.200. The average molecular weight is 286 g/mol. The maximum atomic E-state index is 5.68. The summed E-state index contributed by atoms with van der Waals surface area (Å²) in [5.41, 5.74) is 8.28. The quantitative estimate of drug-likeness (QED) is 0.575. The third-order valence-corrected chi connectivity index (χ3v) is 3.57. The zero-order valence-corrected chi connectivity index (χ0v) is 12.7. The molecule has 0 aliphatic rings. The van der Waals surface area contributed by atoms with E-state index in [9.17, 15) is 0 Å². The van der Waals surface area contributed by atoms with Crippen LogP contribution in [0.1, 0.15) is 19.5 Å². The number of nitrogen functional groups attached to an aromatic ring is 1. The third kappa shape index (κ3) is 3.11. The zero-order valence-electron chi connectivity index (χ0n) is 11.9. The number of nitrogens with two attached hydrogens (primary N) is 1. The van der Waals surface area contributed by atoms with Gasteiger partial charge in [-0.05, 0) is 37.3 Å². The molecule has 2 aromatic heterocycles. The predicted octanol–water partition coefficient (Wildman–Crippen LogP) is 3.80. The fourth-order valence-corrected chi connectivity index (χ4v) is 2.59. The first-order valence-corrected chi connectivity index (χ1v) is 7.39. The van der Waals surface area contributed by atoms with Crippen LogP contribution in [0.25, 0.3) is 5.65 Å². The average Bonchev–Trinajstić information content (AvgIpc) is 2.85. The number of hydrogen-bond donors (Lipinski definition) is 1. The second kappa shape index (κ2) is 6.43. The number of anilines is 1. The van der Waals surface area contributed by atoms with Gasteiger partial charge in [-0.2, -0.15) is 5.10 Å². The maximum Gasteiger partial charge on any atom is 0.156 e. The summed E-state index contributed by atoms with van der Waals surface area (Å²) in [7, 11) is 0. The zero-order chi connectivity index (χ0) is 14.5. The van der Waals surface area contributed by atoms with Gasteiger partial charge < -0.3 is 5.73 Å². The summed E-state index contributed by atoms with van der Waals surface area (Å²) >= 11 is 1.64. The van der Waals surface area contributed by atoms with Gasteiger partial charge in [0.2, 0.25) is 0 Å². The molecule has 0 atom stereocenters. The summed E-state index contributed by atoms with van der Waals surface area (Å²) in [5.74, 6) is 0. The molecule has 0 spiro atoms. The van der Waals surface area contributed by atoms with E-state index >= 15 is 0 Å². The van der Waals surface area contributed by atoms with Crippen LogP contribution in [0.4, 0.5) is 5.69 Å². The van der Waals surface area contributed by atoms with E-state index in [2.05, 4.69) is 10.1 Å². The number of nitrogens with zero attached hydrogens (tertiary/aromatic N) is 3. The molecule has 4 nitrogen and oxygen atoms in total. The van der Waals surface area contributed by atoms with Gasteiger partial charge in [0, 0.05) is 22.8 Å². The van der Waals surface area contributed by atoms with Crippen LogP contribution in [-0.2, 0) is 0 Å². The van der Waals surface area contributed by atoms with Crippen molar-refractivity contribution in [2.45, 2.75) is 30.7 Å². The first-order valence-electron chi connectivity index (χ1n) is 6.57. The number of rotatable bonds is 2. The van der Waals surface area contributed by atoms with Crippen LogP contribution in [0.15, 0.2) is 52.5 Å². The van der Waals surface area contributed by atoms with Crippen molar-refractivity contribution in [3.8, 4) is 0 Å². The number of aryl methyl sites for hydroxylation is 1. The Labute approximate surface area is 123 Å². The molecule has 0 saturated carbocycles. The third-order valence-electron chi connectivity index (χ3n) is 2.55. The van der Waals surface area contributed by atoms with Crippen molar-refractivity contribution in [3.63, 3.8) is 0 Å². The van der Waals surface area contributed by atoms with Gasteiger partial charge in [-0.15, -0.1) is 0 Å². The van der Waals surface area contributed by atoms with Crippen molar-refractivity contribution in [3.05, 3.63) is 48.3 Å². The Hall–Kier alpha value is -2.01. The first-order chi connectivity index (χ1) is 9.72. The van der Waals surface area contributed by atoms with Gasteiger partial charge in [0.1, 0.15) is 5.03 Å². The monoisotopic (exact) mass is 286 g/mol. The van der Waals surface area contributed by atoms with Gasteiger partial charge >= 0.3 is 0 Å². The minimum Gasteiger partial charge on any atom is -0.399 e. The van der Waals surface area contributed by atoms with Crippen LogP contribution in [-0.4, -0.2) is 14.6 Å². The molecule has 104 valence electrons. The summed E-state index contributed by atoms with van der Waals surface area (Å²) < 4.78 is 1.86. The fourth-order valence-electron chi connectivity index (χ4n) is 1.72. The molecule has 0 saturated heterocycles. The van der Waals surface area contributed by atoms with E-state index in [-0.39, 0.29) is 0 Å².